The molecule has 1 aliphatic rings. The van der Waals surface area contributed by atoms with Gasteiger partial charge in [-0.1, -0.05) is 0 Å². The molecule has 1 aliphatic heterocycles. The van der Waals surface area contributed by atoms with Gasteiger partial charge in [0.15, 0.2) is 0 Å². The summed E-state index contributed by atoms with van der Waals surface area (Å²) in [5.41, 5.74) is 0. The number of alkyl halides is 3. The highest BCUT2D eigenvalue weighted by atomic mass is 19.4. The van der Waals surface area contributed by atoms with Crippen LogP contribution in [-0.2, 0) is 4.79 Å². The number of hydrogen-bond donors (Lipinski definition) is 1. The molecule has 1 rings (SSSR count). The monoisotopic (exact) mass is 209 g/mol. The smallest absolute Gasteiger partial charge is 0.314 e. The van der Waals surface area contributed by atoms with Gasteiger partial charge in [0.2, 0.25) is 0 Å². The number of nitrogens with one attached hydrogen (secondary N) is 1. The maximum absolute atomic E-state index is 11.8. The van der Waals surface area contributed by atoms with E-state index in [1.54, 1.807) is 0 Å². The third kappa shape index (κ3) is 4.60. The highest BCUT2D eigenvalue weighted by Gasteiger charge is 2.28. The van der Waals surface area contributed by atoms with E-state index in [-0.39, 0.29) is 24.7 Å². The lowest BCUT2D eigenvalue weighted by Crippen LogP contribution is -2.25. The lowest BCUT2D eigenvalue weighted by molar-refractivity contribution is -0.143. The molecule has 82 valence electrons. The minimum absolute atomic E-state index is 0.107. The van der Waals surface area contributed by atoms with Crippen LogP contribution in [0.5, 0.6) is 0 Å². The molecule has 0 aromatic carbocycles. The van der Waals surface area contributed by atoms with E-state index in [1.165, 1.54) is 0 Å². The van der Waals surface area contributed by atoms with E-state index < -0.39 is 12.6 Å². The summed E-state index contributed by atoms with van der Waals surface area (Å²) < 4.78 is 35.3. The van der Waals surface area contributed by atoms with Crippen LogP contribution in [0.4, 0.5) is 13.2 Å². The van der Waals surface area contributed by atoms with Gasteiger partial charge in [0, 0.05) is 18.9 Å². The first-order valence-electron chi connectivity index (χ1n) is 4.79. The van der Waals surface area contributed by atoms with Gasteiger partial charge in [-0.05, 0) is 19.4 Å². The van der Waals surface area contributed by atoms with E-state index in [0.29, 0.717) is 0 Å². The molecule has 0 radical (unpaired) electrons. The predicted molar refractivity (Wildman–Crippen MR) is 45.9 cm³/mol. The van der Waals surface area contributed by atoms with Crippen molar-refractivity contribution < 1.29 is 18.0 Å². The molecular weight excluding hydrogens is 195 g/mol. The average Bonchev–Trinajstić information content (AvgIpc) is 2.52. The average molecular weight is 209 g/mol. The number of Topliss-reactive ketones (excluding diaryl/α,β-unsaturated/α-hetero) is 1. The first kappa shape index (κ1) is 11.5. The summed E-state index contributed by atoms with van der Waals surface area (Å²) in [5, 5.41) is 3.08. The molecule has 14 heavy (non-hydrogen) atoms. The maximum Gasteiger partial charge on any atom is 0.389 e. The SMILES string of the molecule is O=C(CCC(F)(F)F)CC1CCCN1. The molecule has 5 heteroatoms. The molecule has 2 nitrogen and oxygen atoms in total. The summed E-state index contributed by atoms with van der Waals surface area (Å²) in [7, 11) is 0. The van der Waals surface area contributed by atoms with E-state index in [2.05, 4.69) is 5.32 Å². The van der Waals surface area contributed by atoms with Crippen molar-refractivity contribution in [1.29, 1.82) is 0 Å². The van der Waals surface area contributed by atoms with E-state index in [4.69, 9.17) is 0 Å². The van der Waals surface area contributed by atoms with Crippen LogP contribution in [0.15, 0.2) is 0 Å². The van der Waals surface area contributed by atoms with Crippen LogP contribution in [-0.4, -0.2) is 24.5 Å². The Labute approximate surface area is 80.9 Å². The zero-order valence-corrected chi connectivity index (χ0v) is 7.86. The summed E-state index contributed by atoms with van der Waals surface area (Å²) in [6.07, 6.45) is -3.41. The number of hydrogen-bond acceptors (Lipinski definition) is 2. The molecule has 1 unspecified atom stereocenters. The second-order valence-electron chi connectivity index (χ2n) is 3.65. The third-order valence-corrected chi connectivity index (χ3v) is 2.32. The van der Waals surface area contributed by atoms with Crippen LogP contribution < -0.4 is 5.32 Å². The quantitative estimate of drug-likeness (QED) is 0.767. The molecule has 0 bridgehead atoms. The first-order valence-corrected chi connectivity index (χ1v) is 4.79. The van der Waals surface area contributed by atoms with Gasteiger partial charge in [-0.15, -0.1) is 0 Å². The molecule has 0 aromatic rings. The topological polar surface area (TPSA) is 29.1 Å². The number of carbonyl (C=O) groups is 1. The lowest BCUT2D eigenvalue weighted by atomic mass is 10.1. The van der Waals surface area contributed by atoms with Crippen LogP contribution in [0, 0.1) is 0 Å². The van der Waals surface area contributed by atoms with E-state index >= 15 is 0 Å². The van der Waals surface area contributed by atoms with Crippen molar-refractivity contribution in [2.45, 2.75) is 44.3 Å². The molecule has 0 amide bonds. The van der Waals surface area contributed by atoms with Crippen molar-refractivity contribution in [3.8, 4) is 0 Å². The molecule has 0 saturated carbocycles. The Bertz CT molecular complexity index is 197. The van der Waals surface area contributed by atoms with Crippen molar-refractivity contribution in [2.24, 2.45) is 0 Å². The molecule has 0 aliphatic carbocycles. The van der Waals surface area contributed by atoms with Gasteiger partial charge in [0.25, 0.3) is 0 Å². The summed E-state index contributed by atoms with van der Waals surface area (Å²) in [6, 6.07) is 0.107. The third-order valence-electron chi connectivity index (χ3n) is 2.32. The zero-order valence-electron chi connectivity index (χ0n) is 7.86. The fourth-order valence-corrected chi connectivity index (χ4v) is 1.59. The second-order valence-corrected chi connectivity index (χ2v) is 3.65. The Kier molecular flexibility index (Phi) is 3.92. The van der Waals surface area contributed by atoms with Crippen LogP contribution >= 0.6 is 0 Å². The summed E-state index contributed by atoms with van der Waals surface area (Å²) in [4.78, 5) is 11.1. The van der Waals surface area contributed by atoms with Crippen LogP contribution in [0.3, 0.4) is 0 Å². The highest BCUT2D eigenvalue weighted by Crippen LogP contribution is 2.22. The minimum atomic E-state index is -4.21. The molecule has 1 saturated heterocycles. The van der Waals surface area contributed by atoms with Crippen molar-refractivity contribution in [3.05, 3.63) is 0 Å². The van der Waals surface area contributed by atoms with Crippen LogP contribution in [0.2, 0.25) is 0 Å². The standard InChI is InChI=1S/C9H14F3NO/c10-9(11,12)4-3-8(14)6-7-2-1-5-13-7/h7,13H,1-6H2. The lowest BCUT2D eigenvalue weighted by Gasteiger charge is -2.09. The van der Waals surface area contributed by atoms with Gasteiger partial charge in [-0.3, -0.25) is 4.79 Å². The van der Waals surface area contributed by atoms with Gasteiger partial charge < -0.3 is 5.32 Å². The predicted octanol–water partition coefficient (Wildman–Crippen LogP) is 2.04. The Hall–Kier alpha value is -0.580. The summed E-state index contributed by atoms with van der Waals surface area (Å²) in [6.45, 7) is 0.872. The molecule has 1 fully saturated rings. The summed E-state index contributed by atoms with van der Waals surface area (Å²) in [5.74, 6) is -0.290. The molecule has 0 spiro atoms. The Morgan fingerprint density at radius 1 is 1.43 bits per heavy atom. The maximum atomic E-state index is 11.8. The van der Waals surface area contributed by atoms with Gasteiger partial charge in [-0.25, -0.2) is 0 Å². The van der Waals surface area contributed by atoms with Gasteiger partial charge in [0.1, 0.15) is 5.78 Å². The molecular formula is C9H14F3NO. The van der Waals surface area contributed by atoms with E-state index in [9.17, 15) is 18.0 Å². The first-order chi connectivity index (χ1) is 6.47. The van der Waals surface area contributed by atoms with Crippen molar-refractivity contribution in [3.63, 3.8) is 0 Å². The minimum Gasteiger partial charge on any atom is -0.314 e. The number of ketones is 1. The van der Waals surface area contributed by atoms with Crippen LogP contribution in [0.25, 0.3) is 0 Å². The number of rotatable bonds is 4. The van der Waals surface area contributed by atoms with E-state index in [1.807, 2.05) is 0 Å². The molecule has 1 heterocycles. The highest BCUT2D eigenvalue weighted by molar-refractivity contribution is 5.79. The molecule has 1 atom stereocenters. The zero-order chi connectivity index (χ0) is 10.6. The van der Waals surface area contributed by atoms with Crippen LogP contribution in [0.1, 0.15) is 32.1 Å². The Morgan fingerprint density at radius 3 is 2.64 bits per heavy atom. The molecule has 1 N–H and O–H groups in total. The largest absolute Gasteiger partial charge is 0.389 e. The molecule has 0 aromatic heterocycles. The fourth-order valence-electron chi connectivity index (χ4n) is 1.59. The van der Waals surface area contributed by atoms with Crippen molar-refractivity contribution >= 4 is 5.78 Å². The normalized spacial score (nSPS) is 22.6. The number of carbonyl (C=O) groups excluding carboxylic acids is 1. The van der Waals surface area contributed by atoms with Gasteiger partial charge >= 0.3 is 6.18 Å². The van der Waals surface area contributed by atoms with Crippen molar-refractivity contribution in [1.82, 2.24) is 5.32 Å². The van der Waals surface area contributed by atoms with Gasteiger partial charge in [0.05, 0.1) is 6.42 Å². The Balaban J connectivity index is 2.15. The summed E-state index contributed by atoms with van der Waals surface area (Å²) >= 11 is 0. The van der Waals surface area contributed by atoms with E-state index in [0.717, 1.165) is 19.4 Å². The fraction of sp³-hybridized carbons (Fsp3) is 0.889. The number of halogens is 3. The second kappa shape index (κ2) is 4.77. The Morgan fingerprint density at radius 2 is 2.14 bits per heavy atom. The van der Waals surface area contributed by atoms with Gasteiger partial charge in [-0.2, -0.15) is 13.2 Å². The van der Waals surface area contributed by atoms with Crippen molar-refractivity contribution in [2.75, 3.05) is 6.54 Å².